The van der Waals surface area contributed by atoms with E-state index in [-0.39, 0.29) is 29.8 Å². The molecule has 0 aliphatic rings. The molecule has 1 N–H and O–H groups in total. The maximum Gasteiger partial charge on any atom is 0.303 e. The van der Waals surface area contributed by atoms with Crippen LogP contribution in [0.4, 0.5) is 0 Å². The molecule has 0 radical (unpaired) electrons. The van der Waals surface area contributed by atoms with E-state index in [1.165, 1.54) is 18.3 Å². The Morgan fingerprint density at radius 3 is 2.43 bits per heavy atom. The fourth-order valence-corrected chi connectivity index (χ4v) is 4.88. The van der Waals surface area contributed by atoms with Crippen LogP contribution in [0.25, 0.3) is 0 Å². The van der Waals surface area contributed by atoms with Crippen molar-refractivity contribution in [2.45, 2.75) is 84.9 Å². The average Bonchev–Trinajstić information content (AvgIpc) is 3.30. The van der Waals surface area contributed by atoms with E-state index in [1.54, 1.807) is 10.3 Å². The van der Waals surface area contributed by atoms with Crippen molar-refractivity contribution in [3.8, 4) is 0 Å². The summed E-state index contributed by atoms with van der Waals surface area (Å²) in [5, 5.41) is 5.24. The Bertz CT molecular complexity index is 960. The van der Waals surface area contributed by atoms with E-state index < -0.39 is 12.1 Å². The van der Waals surface area contributed by atoms with Crippen molar-refractivity contribution in [3.05, 3.63) is 52.0 Å². The summed E-state index contributed by atoms with van der Waals surface area (Å²) in [6.45, 7) is 9.48. The number of unbranched alkanes of at least 4 members (excludes halogenated alkanes) is 1. The van der Waals surface area contributed by atoms with Gasteiger partial charge < -0.3 is 15.0 Å². The van der Waals surface area contributed by atoms with Gasteiger partial charge in [0.15, 0.2) is 6.10 Å². The Balaban J connectivity index is 2.12. The molecule has 1 heterocycles. The largest absolute Gasteiger partial charge is 0.455 e. The molecule has 2 aromatic rings. The van der Waals surface area contributed by atoms with Gasteiger partial charge in [-0.15, -0.1) is 11.3 Å². The fourth-order valence-electron chi connectivity index (χ4n) is 4.04. The van der Waals surface area contributed by atoms with Gasteiger partial charge in [0.05, 0.1) is 0 Å². The van der Waals surface area contributed by atoms with Gasteiger partial charge in [-0.3, -0.25) is 14.4 Å². The molecule has 0 aliphatic heterocycles. The van der Waals surface area contributed by atoms with Crippen LogP contribution in [0.5, 0.6) is 0 Å². The number of ether oxygens (including phenoxy) is 1. The highest BCUT2D eigenvalue weighted by Crippen LogP contribution is 2.30. The molecule has 8 heteroatoms. The van der Waals surface area contributed by atoms with Gasteiger partial charge in [-0.2, -0.15) is 0 Å². The van der Waals surface area contributed by atoms with E-state index in [2.05, 4.69) is 17.2 Å². The first-order chi connectivity index (χ1) is 16.6. The van der Waals surface area contributed by atoms with Crippen LogP contribution in [-0.2, 0) is 20.7 Å². The minimum atomic E-state index is -0.630. The third-order valence-corrected chi connectivity index (χ3v) is 6.90. The number of benzene rings is 1. The molecule has 0 aliphatic carbocycles. The van der Waals surface area contributed by atoms with Crippen LogP contribution in [0.3, 0.4) is 0 Å². The van der Waals surface area contributed by atoms with Gasteiger partial charge in [0.25, 0.3) is 5.91 Å². The highest BCUT2D eigenvalue weighted by molar-refractivity contribution is 7.09. The number of nitrogens with one attached hydrogen (secondary N) is 1. The molecule has 0 saturated carbocycles. The van der Waals surface area contributed by atoms with Crippen LogP contribution in [0.2, 0.25) is 0 Å². The first-order valence-corrected chi connectivity index (χ1v) is 13.2. The number of nitrogens with zero attached hydrogens (tertiary/aromatic N) is 2. The second-order valence-electron chi connectivity index (χ2n) is 9.39. The fraction of sp³-hybridized carbons (Fsp3) is 0.556. The average molecular weight is 502 g/mol. The maximum absolute atomic E-state index is 12.8. The van der Waals surface area contributed by atoms with Crippen molar-refractivity contribution in [1.29, 1.82) is 0 Å². The lowest BCUT2D eigenvalue weighted by molar-refractivity contribution is -0.148. The van der Waals surface area contributed by atoms with Gasteiger partial charge >= 0.3 is 5.97 Å². The van der Waals surface area contributed by atoms with Crippen LogP contribution in [0.1, 0.15) is 87.5 Å². The molecule has 2 rings (SSSR count). The minimum absolute atomic E-state index is 0.0626. The van der Waals surface area contributed by atoms with Crippen LogP contribution >= 0.6 is 11.3 Å². The van der Waals surface area contributed by atoms with E-state index >= 15 is 0 Å². The summed E-state index contributed by atoms with van der Waals surface area (Å²) in [6.07, 6.45) is 2.80. The number of esters is 1. The molecule has 35 heavy (non-hydrogen) atoms. The first-order valence-electron chi connectivity index (χ1n) is 12.3. The highest BCUT2D eigenvalue weighted by Gasteiger charge is 2.30. The van der Waals surface area contributed by atoms with Crippen molar-refractivity contribution >= 4 is 29.1 Å². The Labute approximate surface area is 213 Å². The van der Waals surface area contributed by atoms with E-state index in [0.29, 0.717) is 30.0 Å². The number of carbonyl (C=O) groups is 3. The summed E-state index contributed by atoms with van der Waals surface area (Å²) in [7, 11) is 1.81. The zero-order valence-electron chi connectivity index (χ0n) is 21.7. The minimum Gasteiger partial charge on any atom is -0.455 e. The van der Waals surface area contributed by atoms with E-state index in [4.69, 9.17) is 4.74 Å². The van der Waals surface area contributed by atoms with Gasteiger partial charge in [-0.1, -0.05) is 57.5 Å². The zero-order valence-corrected chi connectivity index (χ0v) is 22.6. The molecule has 1 aromatic heterocycles. The molecular formula is C27H39N3O4S. The molecule has 0 bridgehead atoms. The summed E-state index contributed by atoms with van der Waals surface area (Å²) in [6, 6.07) is 9.79. The van der Waals surface area contributed by atoms with Crippen molar-refractivity contribution in [2.75, 3.05) is 7.05 Å². The standard InChI is InChI=1S/C27H39N3O4S/c1-7-8-14-25(32)30(6)23(18(2)3)16-24(34-20(5)31)27-29-22(17-35-27)26(33)28-19(4)15-21-12-10-9-11-13-21/h9-13,17-19,23-24H,7-8,14-16H2,1-6H3,(H,28,33)/t19-,23?,24-/m1/s1. The number of aromatic nitrogens is 1. The van der Waals surface area contributed by atoms with Crippen molar-refractivity contribution in [1.82, 2.24) is 15.2 Å². The molecule has 0 spiro atoms. The monoisotopic (exact) mass is 501 g/mol. The number of thiazole rings is 1. The van der Waals surface area contributed by atoms with Crippen LogP contribution in [-0.4, -0.2) is 46.8 Å². The van der Waals surface area contributed by atoms with E-state index in [9.17, 15) is 14.4 Å². The van der Waals surface area contributed by atoms with Gasteiger partial charge in [0, 0.05) is 44.3 Å². The second kappa shape index (κ2) is 14.0. The van der Waals surface area contributed by atoms with Gasteiger partial charge in [-0.05, 0) is 31.2 Å². The zero-order chi connectivity index (χ0) is 26.0. The van der Waals surface area contributed by atoms with Crippen molar-refractivity contribution < 1.29 is 19.1 Å². The molecule has 1 aromatic carbocycles. The predicted octanol–water partition coefficient (Wildman–Crippen LogP) is 5.17. The topological polar surface area (TPSA) is 88.6 Å². The van der Waals surface area contributed by atoms with Crippen molar-refractivity contribution in [3.63, 3.8) is 0 Å². The van der Waals surface area contributed by atoms with Crippen LogP contribution in [0, 0.1) is 5.92 Å². The molecular weight excluding hydrogens is 462 g/mol. The van der Waals surface area contributed by atoms with Crippen LogP contribution in [0.15, 0.2) is 35.7 Å². The quantitative estimate of drug-likeness (QED) is 0.383. The maximum atomic E-state index is 12.8. The predicted molar refractivity (Wildman–Crippen MR) is 139 cm³/mol. The van der Waals surface area contributed by atoms with Gasteiger partial charge in [-0.25, -0.2) is 4.98 Å². The number of rotatable bonds is 13. The molecule has 192 valence electrons. The van der Waals surface area contributed by atoms with Gasteiger partial charge in [0.1, 0.15) is 10.7 Å². The highest BCUT2D eigenvalue weighted by atomic mass is 32.1. The summed E-state index contributed by atoms with van der Waals surface area (Å²) in [5.41, 5.74) is 1.45. The van der Waals surface area contributed by atoms with E-state index in [0.717, 1.165) is 18.4 Å². The Kier molecular flexibility index (Phi) is 11.4. The Hall–Kier alpha value is -2.74. The first kappa shape index (κ1) is 28.5. The lowest BCUT2D eigenvalue weighted by atomic mass is 9.96. The number of amides is 2. The lowest BCUT2D eigenvalue weighted by Crippen LogP contribution is -2.41. The second-order valence-corrected chi connectivity index (χ2v) is 10.3. The molecule has 0 fully saturated rings. The van der Waals surface area contributed by atoms with Crippen LogP contribution < -0.4 is 5.32 Å². The third kappa shape index (κ3) is 9.09. The molecule has 3 atom stereocenters. The SMILES string of the molecule is CCCCC(=O)N(C)C(C[C@@H](OC(C)=O)c1nc(C(=O)N[C@H](C)Cc2ccccc2)cs1)C(C)C. The Morgan fingerprint density at radius 1 is 1.14 bits per heavy atom. The lowest BCUT2D eigenvalue weighted by Gasteiger charge is -2.33. The molecule has 7 nitrogen and oxygen atoms in total. The summed E-state index contributed by atoms with van der Waals surface area (Å²) >= 11 is 1.29. The number of carbonyl (C=O) groups excluding carboxylic acids is 3. The summed E-state index contributed by atoms with van der Waals surface area (Å²) in [5.74, 6) is -0.441. The molecule has 2 amide bonds. The summed E-state index contributed by atoms with van der Waals surface area (Å²) < 4.78 is 5.62. The summed E-state index contributed by atoms with van der Waals surface area (Å²) in [4.78, 5) is 43.6. The normalized spacial score (nSPS) is 13.7. The third-order valence-electron chi connectivity index (χ3n) is 5.96. The number of hydrogen-bond acceptors (Lipinski definition) is 6. The number of hydrogen-bond donors (Lipinski definition) is 1. The Morgan fingerprint density at radius 2 is 1.83 bits per heavy atom. The molecule has 1 unspecified atom stereocenters. The smallest absolute Gasteiger partial charge is 0.303 e. The van der Waals surface area contributed by atoms with Gasteiger partial charge in [0.2, 0.25) is 5.91 Å². The van der Waals surface area contributed by atoms with E-state index in [1.807, 2.05) is 58.2 Å². The molecule has 0 saturated heterocycles. The van der Waals surface area contributed by atoms with Crippen molar-refractivity contribution in [2.24, 2.45) is 5.92 Å².